The zero-order valence-corrected chi connectivity index (χ0v) is 11.5. The van der Waals surface area contributed by atoms with Crippen molar-refractivity contribution in [3.8, 4) is 6.01 Å². The highest BCUT2D eigenvalue weighted by Gasteiger charge is 2.07. The third-order valence-electron chi connectivity index (χ3n) is 2.24. The normalized spacial score (nSPS) is 10.3. The van der Waals surface area contributed by atoms with E-state index in [2.05, 4.69) is 20.3 Å². The van der Waals surface area contributed by atoms with E-state index in [-0.39, 0.29) is 22.9 Å². The van der Waals surface area contributed by atoms with Gasteiger partial charge < -0.3 is 15.8 Å². The van der Waals surface area contributed by atoms with Gasteiger partial charge in [0.15, 0.2) is 0 Å². The number of nitrogens with zero attached hydrogens (tertiary/aromatic N) is 3. The first kappa shape index (κ1) is 14.3. The lowest BCUT2D eigenvalue weighted by Crippen LogP contribution is -2.07. The Balaban J connectivity index is 2.19. The summed E-state index contributed by atoms with van der Waals surface area (Å²) in [6, 6.07) is 4.38. The monoisotopic (exact) mass is 297 g/mol. The number of anilines is 3. The fourth-order valence-corrected chi connectivity index (χ4v) is 1.51. The summed E-state index contributed by atoms with van der Waals surface area (Å²) in [4.78, 5) is 11.8. The number of nitrogens with one attached hydrogen (secondary N) is 1. The van der Waals surface area contributed by atoms with Gasteiger partial charge in [0.1, 0.15) is 5.82 Å². The third kappa shape index (κ3) is 3.67. The van der Waals surface area contributed by atoms with Crippen LogP contribution in [-0.2, 0) is 0 Å². The van der Waals surface area contributed by atoms with Crippen molar-refractivity contribution in [2.24, 2.45) is 0 Å². The van der Waals surface area contributed by atoms with E-state index in [1.54, 1.807) is 6.07 Å². The summed E-state index contributed by atoms with van der Waals surface area (Å²) >= 11 is 5.61. The van der Waals surface area contributed by atoms with E-state index in [0.717, 1.165) is 6.42 Å². The maximum Gasteiger partial charge on any atom is 0.323 e. The fraction of sp³-hybridized carbons (Fsp3) is 0.250. The Morgan fingerprint density at radius 1 is 1.35 bits per heavy atom. The summed E-state index contributed by atoms with van der Waals surface area (Å²) in [5, 5.41) is 2.85. The molecule has 0 aliphatic rings. The van der Waals surface area contributed by atoms with Gasteiger partial charge in [-0.1, -0.05) is 18.5 Å². The summed E-state index contributed by atoms with van der Waals surface area (Å²) in [5.74, 6) is -0.352. The molecule has 0 aliphatic heterocycles. The molecule has 0 saturated carbocycles. The van der Waals surface area contributed by atoms with E-state index < -0.39 is 5.82 Å². The molecule has 106 valence electrons. The largest absolute Gasteiger partial charge is 0.463 e. The van der Waals surface area contributed by atoms with E-state index in [1.165, 1.54) is 12.1 Å². The van der Waals surface area contributed by atoms with Crippen LogP contribution in [0.15, 0.2) is 18.2 Å². The molecule has 2 rings (SSSR count). The molecule has 8 heteroatoms. The Labute approximate surface area is 120 Å². The quantitative estimate of drug-likeness (QED) is 0.882. The standard InChI is InChI=1S/C12H13ClFN5O/c1-2-5-20-12-18-10(15)17-11(19-12)16-7-3-4-8(13)9(14)6-7/h3-4,6H,2,5H2,1H3,(H3,15,16,17,18,19). The molecule has 20 heavy (non-hydrogen) atoms. The average Bonchev–Trinajstić information content (AvgIpc) is 2.40. The molecular weight excluding hydrogens is 285 g/mol. The second-order valence-electron chi connectivity index (χ2n) is 3.90. The van der Waals surface area contributed by atoms with Crippen LogP contribution in [0.3, 0.4) is 0 Å². The molecule has 0 unspecified atom stereocenters. The predicted molar refractivity (Wildman–Crippen MR) is 74.7 cm³/mol. The Morgan fingerprint density at radius 3 is 2.85 bits per heavy atom. The van der Waals surface area contributed by atoms with Gasteiger partial charge >= 0.3 is 6.01 Å². The topological polar surface area (TPSA) is 86.0 Å². The molecule has 0 aliphatic carbocycles. The van der Waals surface area contributed by atoms with Crippen LogP contribution in [0.2, 0.25) is 5.02 Å². The van der Waals surface area contributed by atoms with Crippen LogP contribution in [0.1, 0.15) is 13.3 Å². The second-order valence-corrected chi connectivity index (χ2v) is 4.31. The number of nitrogens with two attached hydrogens (primary N) is 1. The summed E-state index contributed by atoms with van der Waals surface area (Å²) < 4.78 is 18.6. The molecule has 0 spiro atoms. The molecule has 0 atom stereocenters. The molecule has 0 fully saturated rings. The molecule has 0 radical (unpaired) electrons. The number of halogens is 2. The summed E-state index contributed by atoms with van der Waals surface area (Å²) in [6.45, 7) is 2.43. The Kier molecular flexibility index (Phi) is 4.52. The maximum absolute atomic E-state index is 13.3. The molecule has 0 amide bonds. The molecule has 1 aromatic heterocycles. The van der Waals surface area contributed by atoms with Crippen molar-refractivity contribution in [3.05, 3.63) is 29.0 Å². The van der Waals surface area contributed by atoms with E-state index in [4.69, 9.17) is 22.1 Å². The highest BCUT2D eigenvalue weighted by atomic mass is 35.5. The van der Waals surface area contributed by atoms with Crippen molar-refractivity contribution in [2.45, 2.75) is 13.3 Å². The minimum atomic E-state index is -0.541. The lowest BCUT2D eigenvalue weighted by atomic mass is 10.3. The Morgan fingerprint density at radius 2 is 2.15 bits per heavy atom. The first-order valence-electron chi connectivity index (χ1n) is 5.95. The van der Waals surface area contributed by atoms with Crippen LogP contribution in [0.5, 0.6) is 6.01 Å². The number of hydrogen-bond donors (Lipinski definition) is 2. The van der Waals surface area contributed by atoms with Crippen molar-refractivity contribution >= 4 is 29.2 Å². The summed E-state index contributed by atoms with van der Waals surface area (Å²) in [7, 11) is 0. The van der Waals surface area contributed by atoms with Crippen LogP contribution in [0, 0.1) is 5.82 Å². The van der Waals surface area contributed by atoms with E-state index in [0.29, 0.717) is 12.3 Å². The van der Waals surface area contributed by atoms with Gasteiger partial charge in [-0.05, 0) is 24.6 Å². The van der Waals surface area contributed by atoms with E-state index in [9.17, 15) is 4.39 Å². The first-order chi connectivity index (χ1) is 9.58. The molecule has 6 nitrogen and oxygen atoms in total. The van der Waals surface area contributed by atoms with Crippen LogP contribution < -0.4 is 15.8 Å². The molecule has 2 aromatic rings. The van der Waals surface area contributed by atoms with Gasteiger partial charge in [-0.25, -0.2) is 4.39 Å². The van der Waals surface area contributed by atoms with E-state index in [1.807, 2.05) is 6.92 Å². The summed E-state index contributed by atoms with van der Waals surface area (Å²) in [5.41, 5.74) is 6.00. The summed E-state index contributed by atoms with van der Waals surface area (Å²) in [6.07, 6.45) is 0.816. The molecule has 1 aromatic carbocycles. The third-order valence-corrected chi connectivity index (χ3v) is 2.55. The zero-order valence-electron chi connectivity index (χ0n) is 10.7. The Bertz CT molecular complexity index is 610. The van der Waals surface area contributed by atoms with Gasteiger partial charge in [-0.3, -0.25) is 0 Å². The van der Waals surface area contributed by atoms with Crippen molar-refractivity contribution in [1.29, 1.82) is 0 Å². The first-order valence-corrected chi connectivity index (χ1v) is 6.32. The van der Waals surface area contributed by atoms with Gasteiger partial charge in [0.2, 0.25) is 11.9 Å². The van der Waals surface area contributed by atoms with Gasteiger partial charge in [0, 0.05) is 5.69 Å². The van der Waals surface area contributed by atoms with Crippen LogP contribution in [0.4, 0.5) is 22.0 Å². The lowest BCUT2D eigenvalue weighted by Gasteiger charge is -2.08. The minimum Gasteiger partial charge on any atom is -0.463 e. The SMILES string of the molecule is CCCOc1nc(N)nc(Nc2ccc(Cl)c(F)c2)n1. The number of aromatic nitrogens is 3. The molecule has 0 saturated heterocycles. The second kappa shape index (κ2) is 6.33. The predicted octanol–water partition coefficient (Wildman–Crippen LogP) is 2.78. The number of hydrogen-bond acceptors (Lipinski definition) is 6. The smallest absolute Gasteiger partial charge is 0.323 e. The molecule has 1 heterocycles. The molecule has 3 N–H and O–H groups in total. The minimum absolute atomic E-state index is 0.0167. The molecule has 0 bridgehead atoms. The van der Waals surface area contributed by atoms with Crippen molar-refractivity contribution in [3.63, 3.8) is 0 Å². The fourth-order valence-electron chi connectivity index (χ4n) is 1.39. The zero-order chi connectivity index (χ0) is 14.5. The number of ether oxygens (including phenoxy) is 1. The van der Waals surface area contributed by atoms with Crippen LogP contribution >= 0.6 is 11.6 Å². The van der Waals surface area contributed by atoms with Crippen molar-refractivity contribution < 1.29 is 9.13 Å². The number of nitrogen functional groups attached to an aromatic ring is 1. The van der Waals surface area contributed by atoms with Crippen molar-refractivity contribution in [1.82, 2.24) is 15.0 Å². The molecular formula is C12H13ClFN5O. The lowest BCUT2D eigenvalue weighted by molar-refractivity contribution is 0.292. The van der Waals surface area contributed by atoms with Crippen molar-refractivity contribution in [2.75, 3.05) is 17.7 Å². The van der Waals surface area contributed by atoms with E-state index >= 15 is 0 Å². The van der Waals surface area contributed by atoms with Gasteiger partial charge in [-0.15, -0.1) is 0 Å². The maximum atomic E-state index is 13.3. The van der Waals surface area contributed by atoms with Crippen LogP contribution in [0.25, 0.3) is 0 Å². The number of benzene rings is 1. The highest BCUT2D eigenvalue weighted by molar-refractivity contribution is 6.30. The van der Waals surface area contributed by atoms with Gasteiger partial charge in [0.25, 0.3) is 0 Å². The Hall–Kier alpha value is -2.15. The average molecular weight is 298 g/mol. The number of rotatable bonds is 5. The highest BCUT2D eigenvalue weighted by Crippen LogP contribution is 2.21. The van der Waals surface area contributed by atoms with Crippen LogP contribution in [-0.4, -0.2) is 21.6 Å². The van der Waals surface area contributed by atoms with Gasteiger partial charge in [-0.2, -0.15) is 15.0 Å². The van der Waals surface area contributed by atoms with Gasteiger partial charge in [0.05, 0.1) is 11.6 Å².